The minimum atomic E-state index is -0.208. The van der Waals surface area contributed by atoms with Crippen molar-refractivity contribution in [3.63, 3.8) is 0 Å². The number of unbranched alkanes of at least 4 members (excludes halogenated alkanes) is 1. The summed E-state index contributed by atoms with van der Waals surface area (Å²) in [7, 11) is 0. The van der Waals surface area contributed by atoms with Gasteiger partial charge in [0.2, 0.25) is 5.88 Å². The molecular formula is C21H26N4O2. The van der Waals surface area contributed by atoms with Crippen LogP contribution in [-0.4, -0.2) is 48.7 Å². The van der Waals surface area contributed by atoms with E-state index in [9.17, 15) is 4.79 Å². The van der Waals surface area contributed by atoms with Crippen molar-refractivity contribution < 1.29 is 9.53 Å². The lowest BCUT2D eigenvalue weighted by Crippen LogP contribution is -2.31. The number of rotatable bonds is 6. The second-order valence-electron chi connectivity index (χ2n) is 7.11. The molecule has 27 heavy (non-hydrogen) atoms. The van der Waals surface area contributed by atoms with E-state index in [1.165, 1.54) is 11.1 Å². The summed E-state index contributed by atoms with van der Waals surface area (Å²) in [6.07, 6.45) is 13.0. The second-order valence-corrected chi connectivity index (χ2v) is 7.11. The van der Waals surface area contributed by atoms with Gasteiger partial charge >= 0.3 is 6.03 Å². The first-order chi connectivity index (χ1) is 13.3. The Labute approximate surface area is 160 Å². The van der Waals surface area contributed by atoms with Gasteiger partial charge in [-0.05, 0) is 55.0 Å². The summed E-state index contributed by atoms with van der Waals surface area (Å²) in [5.74, 6) is 1.17. The molecule has 0 unspecified atom stereocenters. The third-order valence-corrected chi connectivity index (χ3v) is 5.12. The predicted octanol–water partition coefficient (Wildman–Crippen LogP) is 3.05. The number of aromatic nitrogens is 1. The molecule has 4 rings (SSSR count). The Balaban J connectivity index is 1.20. The highest BCUT2D eigenvalue weighted by molar-refractivity contribution is 5.89. The monoisotopic (exact) mass is 366 g/mol. The van der Waals surface area contributed by atoms with Gasteiger partial charge in [0, 0.05) is 25.7 Å². The number of urea groups is 1. The van der Waals surface area contributed by atoms with E-state index in [0.29, 0.717) is 24.8 Å². The molecule has 2 N–H and O–H groups in total. The van der Waals surface area contributed by atoms with Crippen molar-refractivity contribution >= 4 is 11.8 Å². The number of nitrogens with one attached hydrogen (secondary N) is 2. The van der Waals surface area contributed by atoms with Gasteiger partial charge in [-0.2, -0.15) is 4.98 Å². The summed E-state index contributed by atoms with van der Waals surface area (Å²) in [6.45, 7) is 4.42. The SMILES string of the molecule is O=C1NCCc2ccc(OCCCCN3CC=C4C=CCC=C4C3)nc2N1. The molecule has 6 heteroatoms. The molecule has 1 aliphatic carbocycles. The number of amides is 2. The highest BCUT2D eigenvalue weighted by Crippen LogP contribution is 2.23. The van der Waals surface area contributed by atoms with Crippen LogP contribution in [0.2, 0.25) is 0 Å². The van der Waals surface area contributed by atoms with Gasteiger partial charge in [-0.3, -0.25) is 10.2 Å². The maximum absolute atomic E-state index is 11.6. The van der Waals surface area contributed by atoms with E-state index < -0.39 is 0 Å². The lowest BCUT2D eigenvalue weighted by Gasteiger charge is -2.28. The van der Waals surface area contributed by atoms with Gasteiger partial charge in [0.15, 0.2) is 0 Å². The van der Waals surface area contributed by atoms with E-state index in [2.05, 4.69) is 44.8 Å². The average molecular weight is 366 g/mol. The second kappa shape index (κ2) is 8.39. The topological polar surface area (TPSA) is 66.5 Å². The molecule has 0 saturated carbocycles. The first-order valence-corrected chi connectivity index (χ1v) is 9.74. The molecule has 0 saturated heterocycles. The zero-order chi connectivity index (χ0) is 18.5. The summed E-state index contributed by atoms with van der Waals surface area (Å²) < 4.78 is 5.79. The minimum Gasteiger partial charge on any atom is -0.478 e. The maximum atomic E-state index is 11.6. The normalized spacial score (nSPS) is 19.0. The summed E-state index contributed by atoms with van der Waals surface area (Å²) >= 11 is 0. The van der Waals surface area contributed by atoms with E-state index in [1.54, 1.807) is 0 Å². The maximum Gasteiger partial charge on any atom is 0.320 e. The molecule has 3 heterocycles. The number of fused-ring (bicyclic) bond motifs is 2. The lowest BCUT2D eigenvalue weighted by molar-refractivity contribution is 0.252. The van der Waals surface area contributed by atoms with Crippen LogP contribution in [0.1, 0.15) is 24.8 Å². The molecule has 0 atom stereocenters. The Kier molecular flexibility index (Phi) is 5.53. The Hall–Kier alpha value is -2.60. The molecule has 2 aliphatic heterocycles. The number of pyridine rings is 1. The van der Waals surface area contributed by atoms with Gasteiger partial charge < -0.3 is 10.1 Å². The third kappa shape index (κ3) is 4.57. The van der Waals surface area contributed by atoms with Gasteiger partial charge in [-0.15, -0.1) is 0 Å². The molecule has 0 fully saturated rings. The fraction of sp³-hybridized carbons (Fsp3) is 0.429. The molecule has 1 aromatic rings. The summed E-state index contributed by atoms with van der Waals surface area (Å²) in [5, 5.41) is 5.54. The van der Waals surface area contributed by atoms with Crippen LogP contribution < -0.4 is 15.4 Å². The van der Waals surface area contributed by atoms with Gasteiger partial charge in [-0.1, -0.05) is 24.3 Å². The standard InChI is InChI=1S/C21H26N4O2/c26-21-22-11-9-17-7-8-19(23-20(17)24-21)27-14-4-3-12-25-13-10-16-5-1-2-6-18(16)15-25/h1,5-8,10H,2-4,9,11-15H2,(H2,22,23,24,26). The predicted molar refractivity (Wildman–Crippen MR) is 106 cm³/mol. The number of nitrogens with zero attached hydrogens (tertiary/aromatic N) is 2. The fourth-order valence-corrected chi connectivity index (χ4v) is 3.63. The number of carbonyl (C=O) groups excluding carboxylic acids is 1. The molecule has 0 bridgehead atoms. The molecule has 0 radical (unpaired) electrons. The Morgan fingerprint density at radius 2 is 2.19 bits per heavy atom. The van der Waals surface area contributed by atoms with Gasteiger partial charge in [0.25, 0.3) is 0 Å². The minimum absolute atomic E-state index is 0.208. The van der Waals surface area contributed by atoms with E-state index in [1.807, 2.05) is 12.1 Å². The van der Waals surface area contributed by atoms with Crippen LogP contribution in [0.15, 0.2) is 47.6 Å². The Morgan fingerprint density at radius 3 is 3.15 bits per heavy atom. The third-order valence-electron chi connectivity index (χ3n) is 5.12. The van der Waals surface area contributed by atoms with Crippen LogP contribution in [0.25, 0.3) is 0 Å². The largest absolute Gasteiger partial charge is 0.478 e. The molecule has 142 valence electrons. The van der Waals surface area contributed by atoms with Crippen LogP contribution in [0.5, 0.6) is 5.88 Å². The summed E-state index contributed by atoms with van der Waals surface area (Å²) in [6, 6.07) is 3.66. The van der Waals surface area contributed by atoms with Crippen LogP contribution in [0.3, 0.4) is 0 Å². The van der Waals surface area contributed by atoms with Gasteiger partial charge in [-0.25, -0.2) is 4.79 Å². The van der Waals surface area contributed by atoms with Gasteiger partial charge in [0.1, 0.15) is 5.82 Å². The van der Waals surface area contributed by atoms with Crippen molar-refractivity contribution in [1.82, 2.24) is 15.2 Å². The first-order valence-electron chi connectivity index (χ1n) is 9.74. The average Bonchev–Trinajstić information content (AvgIpc) is 2.87. The number of anilines is 1. The van der Waals surface area contributed by atoms with Crippen LogP contribution in [-0.2, 0) is 6.42 Å². The molecule has 2 amide bonds. The zero-order valence-corrected chi connectivity index (χ0v) is 15.5. The van der Waals surface area contributed by atoms with E-state index in [4.69, 9.17) is 4.74 Å². The van der Waals surface area contributed by atoms with Crippen LogP contribution >= 0.6 is 0 Å². The lowest BCUT2D eigenvalue weighted by atomic mass is 9.96. The smallest absolute Gasteiger partial charge is 0.320 e. The number of allylic oxidation sites excluding steroid dienone is 3. The van der Waals surface area contributed by atoms with E-state index in [0.717, 1.165) is 50.9 Å². The molecular weight excluding hydrogens is 340 g/mol. The van der Waals surface area contributed by atoms with Crippen molar-refractivity contribution in [3.8, 4) is 5.88 Å². The molecule has 0 spiro atoms. The molecule has 0 aromatic carbocycles. The van der Waals surface area contributed by atoms with Crippen molar-refractivity contribution in [3.05, 3.63) is 53.1 Å². The number of hydrogen-bond acceptors (Lipinski definition) is 4. The number of carbonyl (C=O) groups is 1. The van der Waals surface area contributed by atoms with Crippen LogP contribution in [0.4, 0.5) is 10.6 Å². The number of hydrogen-bond donors (Lipinski definition) is 2. The van der Waals surface area contributed by atoms with E-state index in [-0.39, 0.29) is 6.03 Å². The Bertz CT molecular complexity index is 797. The van der Waals surface area contributed by atoms with Crippen molar-refractivity contribution in [2.24, 2.45) is 0 Å². The summed E-state index contributed by atoms with van der Waals surface area (Å²) in [5.41, 5.74) is 3.90. The number of ether oxygens (including phenoxy) is 1. The highest BCUT2D eigenvalue weighted by atomic mass is 16.5. The Morgan fingerprint density at radius 1 is 1.22 bits per heavy atom. The molecule has 1 aromatic heterocycles. The quantitative estimate of drug-likeness (QED) is 0.760. The first kappa shape index (κ1) is 17.8. The molecule has 6 nitrogen and oxygen atoms in total. The van der Waals surface area contributed by atoms with Crippen LogP contribution in [0, 0.1) is 0 Å². The summed E-state index contributed by atoms with van der Waals surface area (Å²) in [4.78, 5) is 18.5. The highest BCUT2D eigenvalue weighted by Gasteiger charge is 2.16. The van der Waals surface area contributed by atoms with Gasteiger partial charge in [0.05, 0.1) is 6.61 Å². The van der Waals surface area contributed by atoms with Crippen molar-refractivity contribution in [2.75, 3.05) is 38.1 Å². The van der Waals surface area contributed by atoms with Crippen molar-refractivity contribution in [1.29, 1.82) is 0 Å². The van der Waals surface area contributed by atoms with Crippen molar-refractivity contribution in [2.45, 2.75) is 25.7 Å². The van der Waals surface area contributed by atoms with E-state index >= 15 is 0 Å². The fourth-order valence-electron chi connectivity index (χ4n) is 3.63. The zero-order valence-electron chi connectivity index (χ0n) is 15.5. The molecule has 3 aliphatic rings.